The number of rotatable bonds is 52. The maximum atomic E-state index is 14.3. The van der Waals surface area contributed by atoms with E-state index in [0.29, 0.717) is 60.5 Å². The zero-order valence-electron chi connectivity index (χ0n) is 65.8. The molecular weight excluding hydrogens is 1610 g/mol. The highest BCUT2D eigenvalue weighted by Gasteiger charge is 2.44. The number of nitrogens with one attached hydrogen (secondary N) is 3. The Kier molecular flexibility index (Phi) is 39.1. The number of carboxylic acid groups (broad SMARTS) is 2. The summed E-state index contributed by atoms with van der Waals surface area (Å²) in [5.41, 5.74) is 17.0. The van der Waals surface area contributed by atoms with E-state index in [-0.39, 0.29) is 145 Å². The van der Waals surface area contributed by atoms with E-state index in [4.69, 9.17) is 44.2 Å². The minimum Gasteiger partial charge on any atom is -0.481 e. The van der Waals surface area contributed by atoms with Crippen LogP contribution in [0.4, 0.5) is 5.82 Å². The van der Waals surface area contributed by atoms with Gasteiger partial charge in [-0.15, -0.1) is 0 Å². The highest BCUT2D eigenvalue weighted by molar-refractivity contribution is 8.76. The van der Waals surface area contributed by atoms with Gasteiger partial charge in [-0.05, 0) is 105 Å². The van der Waals surface area contributed by atoms with E-state index in [9.17, 15) is 77.2 Å². The van der Waals surface area contributed by atoms with Crippen LogP contribution in [0.1, 0.15) is 167 Å². The molecular formula is C76H106N9O26P3S2. The molecule has 10 atom stereocenters. The van der Waals surface area contributed by atoms with Crippen LogP contribution in [-0.4, -0.2) is 229 Å². The number of carbonyl (C=O) groups is 8. The summed E-state index contributed by atoms with van der Waals surface area (Å²) < 4.78 is 76.8. The number of ether oxygens (including phenoxy) is 5. The zero-order valence-corrected chi connectivity index (χ0v) is 70.1. The standard InChI is InChI=1S/C76H106N9O26P3S2/c1-7-16-51-39-53-40-54-41-61(78-9-3)49(5)38-59(54)71(58(53)37-48(51)4)56-19-12-13-20-57(56)75(94)84(6)26-14-22-66(89)79-25-28-105-30-32-107-34-33-106-31-29-104-27-23-67(90)82-60(74(93)83-62(43-69(91)92)63(87)42-50(8-2)76(95)96)21-15-35-115-116-36-24-55(86)18-11-10-17-52-45-85(73-70(52)72(77)80-47-81-73)68-44-64(88)65(109-68)46-108-113(100,101)111-114(102,103)110-112(97,98)99/h12-13,19-20,37-39,41,45,47,50,59-60,62,64-65,68,71,88H,7-9,11,14-16,18,21-36,40,42-44,46H2,1-6H3,(H,79,89)(H,82,90)(H,83,93)(H,91,92)(H,95,96)(H,100,101)(H,102,103)(H2,77,80,81)(H2,97,98,99)/t50?,59?,60?,62?,64?,65-,68-,71?/m1/s1. The molecule has 1 aliphatic heterocycles. The van der Waals surface area contributed by atoms with Crippen molar-refractivity contribution in [1.29, 1.82) is 0 Å². The van der Waals surface area contributed by atoms with Crippen molar-refractivity contribution < 1.29 is 124 Å². The monoisotopic (exact) mass is 1720 g/mol. The summed E-state index contributed by atoms with van der Waals surface area (Å²) in [6, 6.07) is 9.82. The number of phosphoric acid groups is 3. The number of carbonyl (C=O) groups excluding carboxylic acids is 6. The Morgan fingerprint density at radius 1 is 0.810 bits per heavy atom. The van der Waals surface area contributed by atoms with E-state index in [1.165, 1.54) is 66.5 Å². The van der Waals surface area contributed by atoms with Gasteiger partial charge in [0.05, 0.1) is 101 Å². The molecule has 0 radical (unpaired) electrons. The number of fused-ring (bicyclic) bond motifs is 3. The van der Waals surface area contributed by atoms with Gasteiger partial charge in [-0.3, -0.25) is 47.9 Å². The first-order valence-electron chi connectivity index (χ1n) is 38.2. The van der Waals surface area contributed by atoms with Gasteiger partial charge in [0.2, 0.25) is 17.7 Å². The topological polar surface area (TPSA) is 512 Å². The Morgan fingerprint density at radius 2 is 1.51 bits per heavy atom. The number of aryl methyl sites for hydroxylation is 2. The van der Waals surface area contributed by atoms with Crippen LogP contribution in [0, 0.1) is 30.6 Å². The van der Waals surface area contributed by atoms with Crippen molar-refractivity contribution in [3.63, 3.8) is 0 Å². The number of aliphatic hydroxyl groups excluding tert-OH is 1. The van der Waals surface area contributed by atoms with E-state index in [1.807, 2.05) is 25.1 Å². The molecule has 0 saturated carbocycles. The molecule has 8 unspecified atom stereocenters. The quantitative estimate of drug-likeness (QED) is 0.00868. The third-order valence-corrected chi connectivity index (χ3v) is 25.4. The Hall–Kier alpha value is -7.40. The van der Waals surface area contributed by atoms with Gasteiger partial charge in [-0.1, -0.05) is 95.7 Å². The Morgan fingerprint density at radius 3 is 2.19 bits per heavy atom. The Bertz CT molecular complexity index is 4400. The second-order valence-corrected chi connectivity index (χ2v) is 34.9. The van der Waals surface area contributed by atoms with Crippen molar-refractivity contribution in [2.75, 3.05) is 103 Å². The number of aromatic nitrogens is 3. The van der Waals surface area contributed by atoms with Crippen LogP contribution < -0.4 is 21.7 Å². The summed E-state index contributed by atoms with van der Waals surface area (Å²) in [5.74, 6) is 0.381. The molecule has 1 fully saturated rings. The van der Waals surface area contributed by atoms with Gasteiger partial charge in [-0.2, -0.15) is 8.62 Å². The Labute approximate surface area is 681 Å². The van der Waals surface area contributed by atoms with Crippen molar-refractivity contribution in [2.24, 2.45) is 16.8 Å². The molecule has 2 aliphatic carbocycles. The first-order chi connectivity index (χ1) is 55.2. The van der Waals surface area contributed by atoms with Crippen LogP contribution in [0.15, 0.2) is 77.2 Å². The molecule has 35 nitrogen and oxygen atoms in total. The maximum absolute atomic E-state index is 14.3. The number of Topliss-reactive ketones (excluding diaryl/α,β-unsaturated/α-hetero) is 2. The number of aliphatic carboxylic acids is 2. The predicted octanol–water partition coefficient (Wildman–Crippen LogP) is 7.81. The van der Waals surface area contributed by atoms with Crippen LogP contribution in [-0.2, 0) is 96.9 Å². The highest BCUT2D eigenvalue weighted by Crippen LogP contribution is 2.66. The number of nitrogens with zero attached hydrogens (tertiary/aromatic N) is 5. The predicted molar refractivity (Wildman–Crippen MR) is 431 cm³/mol. The molecule has 7 rings (SSSR count). The van der Waals surface area contributed by atoms with Crippen molar-refractivity contribution in [3.8, 4) is 11.8 Å². The van der Waals surface area contributed by atoms with Gasteiger partial charge < -0.3 is 89.7 Å². The molecule has 4 amide bonds. The minimum atomic E-state index is -5.80. The Balaban J connectivity index is 0.762. The van der Waals surface area contributed by atoms with Crippen molar-refractivity contribution in [1.82, 2.24) is 35.4 Å². The van der Waals surface area contributed by atoms with Crippen molar-refractivity contribution >= 4 is 115 Å². The molecule has 3 aliphatic rings. The van der Waals surface area contributed by atoms with Gasteiger partial charge in [0.15, 0.2) is 5.78 Å². The number of phosphoric ester groups is 1. The van der Waals surface area contributed by atoms with E-state index < -0.39 is 109 Å². The van der Waals surface area contributed by atoms with Gasteiger partial charge in [0.25, 0.3) is 5.91 Å². The van der Waals surface area contributed by atoms with Gasteiger partial charge in [0, 0.05) is 107 Å². The summed E-state index contributed by atoms with van der Waals surface area (Å²) in [7, 11) is -12.4. The number of aliphatic hydroxyl groups is 1. The number of benzene rings is 2. The molecule has 4 aromatic rings. The number of ketones is 2. The number of allylic oxidation sites excluding steroid dienone is 4. The van der Waals surface area contributed by atoms with Gasteiger partial charge in [0.1, 0.15) is 41.9 Å². The van der Waals surface area contributed by atoms with Crippen LogP contribution in [0.2, 0.25) is 0 Å². The lowest BCUT2D eigenvalue weighted by Gasteiger charge is -2.38. The average Bonchev–Trinajstić information content (AvgIpc) is 0.875. The maximum Gasteiger partial charge on any atom is 0.490 e. The van der Waals surface area contributed by atoms with E-state index >= 15 is 0 Å². The van der Waals surface area contributed by atoms with Gasteiger partial charge >= 0.3 is 35.4 Å². The summed E-state index contributed by atoms with van der Waals surface area (Å²) in [5, 5.41) is 38.2. The smallest absolute Gasteiger partial charge is 0.481 e. The number of amides is 4. The number of aliphatic imine (C=N–C) groups is 1. The first-order valence-corrected chi connectivity index (χ1v) is 45.3. The molecule has 638 valence electrons. The fourth-order valence-electron chi connectivity index (χ4n) is 13.3. The van der Waals surface area contributed by atoms with Crippen molar-refractivity contribution in [3.05, 3.63) is 111 Å². The summed E-state index contributed by atoms with van der Waals surface area (Å²) in [4.78, 5) is 156. The normalized spacial score (nSPS) is 18.7. The lowest BCUT2D eigenvalue weighted by molar-refractivity contribution is -0.144. The average molecular weight is 1720 g/mol. The van der Waals surface area contributed by atoms with Crippen LogP contribution in [0.5, 0.6) is 0 Å². The van der Waals surface area contributed by atoms with Crippen LogP contribution in [0.25, 0.3) is 11.0 Å². The first kappa shape index (κ1) is 95.7. The van der Waals surface area contributed by atoms with Crippen LogP contribution >= 0.6 is 45.1 Å². The number of nitrogens with two attached hydrogens (primary N) is 1. The molecule has 1 saturated heterocycles. The third kappa shape index (κ3) is 30.8. The fourth-order valence-corrected chi connectivity index (χ4v) is 18.5. The zero-order chi connectivity index (χ0) is 84.7. The number of hydrogen-bond acceptors (Lipinski definition) is 26. The van der Waals surface area contributed by atoms with Crippen LogP contribution in [0.3, 0.4) is 0 Å². The molecule has 2 aromatic carbocycles. The lowest BCUT2D eigenvalue weighted by atomic mass is 9.65. The van der Waals surface area contributed by atoms with E-state index in [0.717, 1.165) is 36.1 Å². The number of anilines is 1. The molecule has 3 heterocycles. The summed E-state index contributed by atoms with van der Waals surface area (Å²) >= 11 is 0. The SMILES string of the molecule is CCCc1cc2c(cc1C)C(c1ccccc1C(=O)N(C)CCCC(=O)NCCOCCOCCOCCOCCC(=O)NC(CCCSSCCC(=O)CCC#Cc1cn([C@H]3CC(O)[C@@H](COP(=O)(O)OP(=O)(O)OP(=O)(O)O)O3)c3ncnc(N)c13)C(=O)NC(CC(=O)O)C(=O)CC(CC)C(=O)O)C1C=C(C)C(=NCC)C=C1C2. The molecule has 0 spiro atoms. The second-order valence-electron chi connectivity index (χ2n) is 27.8. The number of carboxylic acids is 2. The minimum absolute atomic E-state index is 0.0334. The molecule has 2 aromatic heterocycles. The summed E-state index contributed by atoms with van der Waals surface area (Å²) in [6.07, 6.45) is 6.30. The number of nitrogen functional groups attached to an aromatic ring is 1. The molecule has 0 bridgehead atoms. The second kappa shape index (κ2) is 47.4. The van der Waals surface area contributed by atoms with E-state index in [1.54, 1.807) is 18.9 Å². The highest BCUT2D eigenvalue weighted by atomic mass is 33.1. The molecule has 12 N–H and O–H groups in total. The van der Waals surface area contributed by atoms with Crippen molar-refractivity contribution in [2.45, 2.75) is 167 Å². The molecule has 116 heavy (non-hydrogen) atoms. The third-order valence-electron chi connectivity index (χ3n) is 19.1. The summed E-state index contributed by atoms with van der Waals surface area (Å²) in [6.45, 7) is 12.1. The van der Waals surface area contributed by atoms with Gasteiger partial charge in [-0.25, -0.2) is 23.7 Å². The fraction of sp³-hybridized carbons (Fsp3) is 0.566. The molecule has 40 heteroatoms. The van der Waals surface area contributed by atoms with E-state index in [2.05, 4.69) is 102 Å². The lowest BCUT2D eigenvalue weighted by Crippen LogP contribution is -2.52. The number of hydrogen-bond donors (Lipinski definition) is 11. The largest absolute Gasteiger partial charge is 0.490 e.